The lowest BCUT2D eigenvalue weighted by molar-refractivity contribution is 0.252. The standard InChI is InChI=1S/C15H26N4/c1-14-5-6-15(17-13-14)19-11-9-18(10-12-19)8-4-2-3-7-16/h5-6,13H,2-4,7-12,16H2,1H3. The van der Waals surface area contributed by atoms with Crippen LogP contribution in [0, 0.1) is 6.92 Å². The summed E-state index contributed by atoms with van der Waals surface area (Å²) in [6, 6.07) is 4.27. The molecule has 0 aliphatic carbocycles. The van der Waals surface area contributed by atoms with Crippen LogP contribution in [0.25, 0.3) is 0 Å². The third kappa shape index (κ3) is 4.48. The number of nitrogens with two attached hydrogens (primary N) is 1. The Morgan fingerprint density at radius 2 is 1.89 bits per heavy atom. The monoisotopic (exact) mass is 262 g/mol. The summed E-state index contributed by atoms with van der Waals surface area (Å²) in [6.45, 7) is 8.61. The number of piperazine rings is 1. The van der Waals surface area contributed by atoms with Gasteiger partial charge in [-0.1, -0.05) is 12.5 Å². The fraction of sp³-hybridized carbons (Fsp3) is 0.667. The van der Waals surface area contributed by atoms with Crippen LogP contribution < -0.4 is 10.6 Å². The summed E-state index contributed by atoms with van der Waals surface area (Å²) in [4.78, 5) is 9.45. The van der Waals surface area contributed by atoms with Crippen LogP contribution in [0.1, 0.15) is 24.8 Å². The van der Waals surface area contributed by atoms with Crippen LogP contribution in [0.5, 0.6) is 0 Å². The van der Waals surface area contributed by atoms with E-state index in [4.69, 9.17) is 5.73 Å². The Morgan fingerprint density at radius 3 is 2.53 bits per heavy atom. The van der Waals surface area contributed by atoms with E-state index in [1.54, 1.807) is 0 Å². The van der Waals surface area contributed by atoms with E-state index in [0.29, 0.717) is 0 Å². The number of aryl methyl sites for hydroxylation is 1. The topological polar surface area (TPSA) is 45.4 Å². The van der Waals surface area contributed by atoms with Crippen molar-refractivity contribution in [1.82, 2.24) is 9.88 Å². The zero-order chi connectivity index (χ0) is 13.5. The van der Waals surface area contributed by atoms with Crippen LogP contribution in [0.15, 0.2) is 18.3 Å². The van der Waals surface area contributed by atoms with Crippen LogP contribution in [0.2, 0.25) is 0 Å². The van der Waals surface area contributed by atoms with Crippen molar-refractivity contribution in [3.8, 4) is 0 Å². The minimum absolute atomic E-state index is 0.826. The summed E-state index contributed by atoms with van der Waals surface area (Å²) < 4.78 is 0. The normalized spacial score (nSPS) is 16.8. The maximum Gasteiger partial charge on any atom is 0.128 e. The molecule has 0 amide bonds. The smallest absolute Gasteiger partial charge is 0.128 e. The van der Waals surface area contributed by atoms with Gasteiger partial charge in [0, 0.05) is 32.4 Å². The van der Waals surface area contributed by atoms with Crippen LogP contribution in [0.3, 0.4) is 0 Å². The molecule has 2 heterocycles. The molecule has 2 N–H and O–H groups in total. The van der Waals surface area contributed by atoms with E-state index >= 15 is 0 Å². The molecule has 1 aromatic heterocycles. The SMILES string of the molecule is Cc1ccc(N2CCN(CCCCCN)CC2)nc1. The quantitative estimate of drug-likeness (QED) is 0.792. The van der Waals surface area contributed by atoms with Gasteiger partial charge in [-0.15, -0.1) is 0 Å². The third-order valence-corrected chi connectivity index (χ3v) is 3.77. The summed E-state index contributed by atoms with van der Waals surface area (Å²) >= 11 is 0. The molecule has 19 heavy (non-hydrogen) atoms. The van der Waals surface area contributed by atoms with Crippen LogP contribution in [-0.2, 0) is 0 Å². The average molecular weight is 262 g/mol. The molecule has 4 heteroatoms. The summed E-state index contributed by atoms with van der Waals surface area (Å²) in [7, 11) is 0. The van der Waals surface area contributed by atoms with Gasteiger partial charge in [0.05, 0.1) is 0 Å². The van der Waals surface area contributed by atoms with Crippen molar-refractivity contribution in [3.05, 3.63) is 23.9 Å². The van der Waals surface area contributed by atoms with Gasteiger partial charge in [-0.3, -0.25) is 4.90 Å². The van der Waals surface area contributed by atoms with Crippen molar-refractivity contribution in [1.29, 1.82) is 0 Å². The lowest BCUT2D eigenvalue weighted by Crippen LogP contribution is -2.46. The second kappa shape index (κ2) is 7.46. The molecule has 0 aromatic carbocycles. The van der Waals surface area contributed by atoms with Gasteiger partial charge in [-0.2, -0.15) is 0 Å². The molecule has 0 atom stereocenters. The molecule has 0 unspecified atom stereocenters. The Labute approximate surface area is 116 Å². The maximum atomic E-state index is 5.51. The summed E-state index contributed by atoms with van der Waals surface area (Å²) in [5.74, 6) is 1.12. The molecular formula is C15H26N4. The molecule has 0 radical (unpaired) electrons. The van der Waals surface area contributed by atoms with Crippen molar-refractivity contribution in [2.45, 2.75) is 26.2 Å². The fourth-order valence-electron chi connectivity index (χ4n) is 2.50. The van der Waals surface area contributed by atoms with Crippen molar-refractivity contribution in [2.24, 2.45) is 5.73 Å². The fourth-order valence-corrected chi connectivity index (χ4v) is 2.50. The highest BCUT2D eigenvalue weighted by Gasteiger charge is 2.17. The molecule has 4 nitrogen and oxygen atoms in total. The largest absolute Gasteiger partial charge is 0.354 e. The number of nitrogens with zero attached hydrogens (tertiary/aromatic N) is 3. The molecule has 106 valence electrons. The van der Waals surface area contributed by atoms with Crippen LogP contribution in [-0.4, -0.2) is 49.2 Å². The number of hydrogen-bond donors (Lipinski definition) is 1. The van der Waals surface area contributed by atoms with E-state index in [9.17, 15) is 0 Å². The van der Waals surface area contributed by atoms with Gasteiger partial charge in [-0.25, -0.2) is 4.98 Å². The number of unbranched alkanes of at least 4 members (excludes halogenated alkanes) is 2. The van der Waals surface area contributed by atoms with E-state index in [0.717, 1.165) is 45.0 Å². The second-order valence-corrected chi connectivity index (χ2v) is 5.37. The van der Waals surface area contributed by atoms with E-state index in [1.165, 1.54) is 24.9 Å². The Kier molecular flexibility index (Phi) is 5.61. The van der Waals surface area contributed by atoms with Crippen LogP contribution >= 0.6 is 0 Å². The highest BCUT2D eigenvalue weighted by atomic mass is 15.3. The van der Waals surface area contributed by atoms with Gasteiger partial charge in [0.15, 0.2) is 0 Å². The maximum absolute atomic E-state index is 5.51. The van der Waals surface area contributed by atoms with Crippen molar-refractivity contribution < 1.29 is 0 Å². The molecule has 0 bridgehead atoms. The minimum Gasteiger partial charge on any atom is -0.354 e. The predicted molar refractivity (Wildman–Crippen MR) is 80.5 cm³/mol. The number of pyridine rings is 1. The Morgan fingerprint density at radius 1 is 1.11 bits per heavy atom. The first kappa shape index (κ1) is 14.3. The zero-order valence-electron chi connectivity index (χ0n) is 12.0. The van der Waals surface area contributed by atoms with Crippen molar-refractivity contribution in [3.63, 3.8) is 0 Å². The van der Waals surface area contributed by atoms with Gasteiger partial charge in [-0.05, 0) is 44.5 Å². The average Bonchev–Trinajstić information content (AvgIpc) is 2.45. The molecule has 1 aliphatic rings. The minimum atomic E-state index is 0.826. The molecule has 1 aromatic rings. The predicted octanol–water partition coefficient (Wildman–Crippen LogP) is 1.64. The lowest BCUT2D eigenvalue weighted by Gasteiger charge is -2.35. The molecule has 1 saturated heterocycles. The Balaban J connectivity index is 1.71. The molecule has 1 aliphatic heterocycles. The molecule has 1 fully saturated rings. The van der Waals surface area contributed by atoms with Crippen molar-refractivity contribution in [2.75, 3.05) is 44.2 Å². The second-order valence-electron chi connectivity index (χ2n) is 5.37. The first-order valence-corrected chi connectivity index (χ1v) is 7.39. The van der Waals surface area contributed by atoms with E-state index in [-0.39, 0.29) is 0 Å². The van der Waals surface area contributed by atoms with E-state index < -0.39 is 0 Å². The van der Waals surface area contributed by atoms with Gasteiger partial charge in [0.1, 0.15) is 5.82 Å². The highest BCUT2D eigenvalue weighted by Crippen LogP contribution is 2.14. The number of anilines is 1. The van der Waals surface area contributed by atoms with Gasteiger partial charge in [0.25, 0.3) is 0 Å². The van der Waals surface area contributed by atoms with Gasteiger partial charge < -0.3 is 10.6 Å². The molecular weight excluding hydrogens is 236 g/mol. The molecule has 0 spiro atoms. The number of aromatic nitrogens is 1. The first-order valence-electron chi connectivity index (χ1n) is 7.39. The summed E-state index contributed by atoms with van der Waals surface area (Å²) in [5, 5.41) is 0. The first-order chi connectivity index (χ1) is 9.29. The van der Waals surface area contributed by atoms with Crippen molar-refractivity contribution >= 4 is 5.82 Å². The molecule has 2 rings (SSSR count). The van der Waals surface area contributed by atoms with E-state index in [1.807, 2.05) is 6.20 Å². The zero-order valence-corrected chi connectivity index (χ0v) is 12.0. The third-order valence-electron chi connectivity index (χ3n) is 3.77. The highest BCUT2D eigenvalue weighted by molar-refractivity contribution is 5.39. The van der Waals surface area contributed by atoms with Gasteiger partial charge >= 0.3 is 0 Å². The number of rotatable bonds is 6. The lowest BCUT2D eigenvalue weighted by atomic mass is 10.2. The Hall–Kier alpha value is -1.13. The Bertz CT molecular complexity index is 355. The van der Waals surface area contributed by atoms with Gasteiger partial charge in [0.2, 0.25) is 0 Å². The van der Waals surface area contributed by atoms with E-state index in [2.05, 4.69) is 33.8 Å². The number of hydrogen-bond acceptors (Lipinski definition) is 4. The summed E-state index contributed by atoms with van der Waals surface area (Å²) in [6.07, 6.45) is 5.65. The van der Waals surface area contributed by atoms with Crippen LogP contribution in [0.4, 0.5) is 5.82 Å². The summed E-state index contributed by atoms with van der Waals surface area (Å²) in [5.41, 5.74) is 6.74. The molecule has 0 saturated carbocycles.